The van der Waals surface area contributed by atoms with Gasteiger partial charge in [0.05, 0.1) is 46.8 Å². The first kappa shape index (κ1) is 37.4. The molecule has 7 aromatic rings. The zero-order valence-electron chi connectivity index (χ0n) is 29.8. The van der Waals surface area contributed by atoms with Crippen molar-refractivity contribution in [2.45, 2.75) is 13.8 Å². The minimum absolute atomic E-state index is 0.0253. The third-order valence-corrected chi connectivity index (χ3v) is 11.6. The predicted octanol–water partition coefficient (Wildman–Crippen LogP) is 10.1. The first-order chi connectivity index (χ1) is 27.7. The Morgan fingerprint density at radius 2 is 0.776 bits per heavy atom. The van der Waals surface area contributed by atoms with Crippen molar-refractivity contribution in [3.05, 3.63) is 114 Å². The molecule has 2 aliphatic rings. The summed E-state index contributed by atoms with van der Waals surface area (Å²) in [6.07, 6.45) is 0. The number of hydrogen-bond acceptors (Lipinski definition) is 8. The lowest BCUT2D eigenvalue weighted by Gasteiger charge is -2.31. The van der Waals surface area contributed by atoms with Crippen LogP contribution in [-0.2, 0) is 0 Å². The van der Waals surface area contributed by atoms with E-state index in [1.807, 2.05) is 0 Å². The summed E-state index contributed by atoms with van der Waals surface area (Å²) in [5.41, 5.74) is -0.138. The molecular weight excluding hydrogens is 834 g/mol. The van der Waals surface area contributed by atoms with E-state index in [0.717, 1.165) is 9.80 Å². The van der Waals surface area contributed by atoms with Gasteiger partial charge in [0.15, 0.2) is 0 Å². The molecular formula is C42H22Cl4N2O10. The molecule has 0 aromatic heterocycles. The van der Waals surface area contributed by atoms with Crippen molar-refractivity contribution in [1.82, 2.24) is 0 Å². The minimum atomic E-state index is -1.26. The van der Waals surface area contributed by atoms with E-state index in [-0.39, 0.29) is 122 Å². The Balaban J connectivity index is 1.30. The van der Waals surface area contributed by atoms with Crippen molar-refractivity contribution in [3.8, 4) is 11.5 Å². The zero-order chi connectivity index (χ0) is 41.2. The zero-order valence-corrected chi connectivity index (χ0v) is 32.8. The molecule has 0 unspecified atom stereocenters. The number of nitrogens with zero attached hydrogens (tertiary/aromatic N) is 2. The van der Waals surface area contributed by atoms with Crippen LogP contribution in [-0.4, -0.2) is 59.0 Å². The number of imide groups is 2. The molecule has 12 nitrogen and oxygen atoms in total. The minimum Gasteiger partial charge on any atom is -0.493 e. The van der Waals surface area contributed by atoms with Crippen LogP contribution in [0.25, 0.3) is 43.1 Å². The molecule has 2 N–H and O–H groups in total. The van der Waals surface area contributed by atoms with E-state index in [9.17, 15) is 39.0 Å². The van der Waals surface area contributed by atoms with E-state index in [0.29, 0.717) is 10.8 Å². The first-order valence-corrected chi connectivity index (χ1v) is 19.0. The largest absolute Gasteiger partial charge is 0.493 e. The highest BCUT2D eigenvalue weighted by Gasteiger charge is 2.41. The van der Waals surface area contributed by atoms with E-state index in [1.54, 1.807) is 13.8 Å². The van der Waals surface area contributed by atoms with Gasteiger partial charge in [0.25, 0.3) is 23.6 Å². The van der Waals surface area contributed by atoms with Gasteiger partial charge in [-0.3, -0.25) is 19.2 Å². The number of benzene rings is 7. The normalized spacial score (nSPS) is 13.8. The molecule has 2 aliphatic heterocycles. The fourth-order valence-electron chi connectivity index (χ4n) is 8.13. The summed E-state index contributed by atoms with van der Waals surface area (Å²) in [5, 5.41) is 21.6. The molecule has 0 radical (unpaired) electrons. The van der Waals surface area contributed by atoms with Gasteiger partial charge in [-0.25, -0.2) is 19.4 Å². The van der Waals surface area contributed by atoms with E-state index < -0.39 is 35.6 Å². The maximum absolute atomic E-state index is 14.4. The topological polar surface area (TPSA) is 168 Å². The van der Waals surface area contributed by atoms with Crippen LogP contribution in [0.15, 0.2) is 60.7 Å². The Labute approximate surface area is 345 Å². The van der Waals surface area contributed by atoms with E-state index >= 15 is 0 Å². The molecule has 0 saturated heterocycles. The SMILES string of the molecule is CCOc1cc(N2C(=O)c3cc(Cl)c4c5c(Cl)cc6c7c(cc(Cl)c(c8c(Cl)cc(c3c48)C2=O)c75)C(=O)N(c2ccc(C(=O)O)c(OCC)c2)C6=O)ccc1C(=O)O. The summed E-state index contributed by atoms with van der Waals surface area (Å²) in [4.78, 5) is 83.1. The summed E-state index contributed by atoms with van der Waals surface area (Å²) in [5.74, 6) is -5.68. The molecule has 58 heavy (non-hydrogen) atoms. The van der Waals surface area contributed by atoms with Crippen LogP contribution in [0.3, 0.4) is 0 Å². The lowest BCUT2D eigenvalue weighted by molar-refractivity contribution is 0.0681. The molecule has 0 fully saturated rings. The third kappa shape index (κ3) is 5.02. The second kappa shape index (κ2) is 13.2. The van der Waals surface area contributed by atoms with Gasteiger partial charge in [-0.15, -0.1) is 0 Å². The molecule has 288 valence electrons. The summed E-state index contributed by atoms with van der Waals surface area (Å²) in [7, 11) is 0. The Morgan fingerprint density at radius 1 is 0.483 bits per heavy atom. The maximum atomic E-state index is 14.4. The number of carbonyl (C=O) groups is 6. The molecule has 7 aromatic carbocycles. The van der Waals surface area contributed by atoms with Gasteiger partial charge in [0.2, 0.25) is 0 Å². The van der Waals surface area contributed by atoms with E-state index in [2.05, 4.69) is 0 Å². The number of hydrogen-bond donors (Lipinski definition) is 2. The van der Waals surface area contributed by atoms with Crippen LogP contribution < -0.4 is 19.3 Å². The van der Waals surface area contributed by atoms with Crippen molar-refractivity contribution >= 4 is 136 Å². The number of amides is 4. The average molecular weight is 856 g/mol. The summed E-state index contributed by atoms with van der Waals surface area (Å²) < 4.78 is 11.1. The lowest BCUT2D eigenvalue weighted by atomic mass is 9.82. The number of rotatable bonds is 8. The van der Waals surface area contributed by atoms with Gasteiger partial charge >= 0.3 is 11.9 Å². The van der Waals surface area contributed by atoms with Crippen LogP contribution in [0, 0.1) is 0 Å². The second-order valence-electron chi connectivity index (χ2n) is 13.4. The molecule has 0 aliphatic carbocycles. The van der Waals surface area contributed by atoms with E-state index in [1.165, 1.54) is 60.7 Å². The fraction of sp³-hybridized carbons (Fsp3) is 0.0952. The van der Waals surface area contributed by atoms with Crippen molar-refractivity contribution < 1.29 is 48.5 Å². The van der Waals surface area contributed by atoms with Crippen LogP contribution in [0.2, 0.25) is 20.1 Å². The quantitative estimate of drug-likeness (QED) is 0.0853. The predicted molar refractivity (Wildman–Crippen MR) is 219 cm³/mol. The van der Waals surface area contributed by atoms with Crippen molar-refractivity contribution in [3.63, 3.8) is 0 Å². The Hall–Kier alpha value is -6.18. The Morgan fingerprint density at radius 3 is 1.03 bits per heavy atom. The van der Waals surface area contributed by atoms with Gasteiger partial charge in [-0.05, 0) is 62.4 Å². The number of carbonyl (C=O) groups excluding carboxylic acids is 4. The molecule has 9 rings (SSSR count). The molecule has 0 saturated carbocycles. The standard InChI is InChI=1S/C42H22Cl4N2O10/c1-3-57-27-9-15(5-7-17(27)41(53)54)47-37(49)19-11-23(43)31-33-25(45)13-21-30-22(40(52)48(39(21)51)16-6-8-18(42(55)56)28(10-16)58-4-2)14-26(46)34(36(30)33)32-24(44)12-20(38(47)50)29(19)35(31)32/h5-14H,3-4H2,1-2H3,(H,53,54)(H,55,56). The van der Waals surface area contributed by atoms with Crippen molar-refractivity contribution in [1.29, 1.82) is 0 Å². The summed E-state index contributed by atoms with van der Waals surface area (Å²) >= 11 is 28.4. The second-order valence-corrected chi connectivity index (χ2v) is 15.0. The van der Waals surface area contributed by atoms with Gasteiger partial charge in [-0.1, -0.05) is 46.4 Å². The number of anilines is 2. The summed E-state index contributed by atoms with van der Waals surface area (Å²) in [6.45, 7) is 3.55. The number of carboxylic acids is 2. The monoisotopic (exact) mass is 854 g/mol. The van der Waals surface area contributed by atoms with Crippen LogP contribution in [0.4, 0.5) is 11.4 Å². The van der Waals surface area contributed by atoms with Gasteiger partial charge in [0, 0.05) is 75.3 Å². The van der Waals surface area contributed by atoms with Gasteiger partial charge < -0.3 is 19.7 Å². The maximum Gasteiger partial charge on any atom is 0.339 e. The number of aromatic carboxylic acids is 2. The van der Waals surface area contributed by atoms with Gasteiger partial charge in [0.1, 0.15) is 22.6 Å². The molecule has 0 bridgehead atoms. The lowest BCUT2D eigenvalue weighted by Crippen LogP contribution is -2.40. The molecule has 0 spiro atoms. The van der Waals surface area contributed by atoms with Crippen molar-refractivity contribution in [2.75, 3.05) is 23.0 Å². The molecule has 4 amide bonds. The highest BCUT2D eigenvalue weighted by Crippen LogP contribution is 2.54. The van der Waals surface area contributed by atoms with Crippen LogP contribution >= 0.6 is 46.4 Å². The third-order valence-electron chi connectivity index (χ3n) is 10.4. The average Bonchev–Trinajstić information content (AvgIpc) is 3.17. The number of ether oxygens (including phenoxy) is 2. The fourth-order valence-corrected chi connectivity index (χ4v) is 9.32. The number of halogens is 4. The van der Waals surface area contributed by atoms with Crippen molar-refractivity contribution in [2.24, 2.45) is 0 Å². The Kier molecular flexibility index (Phi) is 8.50. The molecule has 0 atom stereocenters. The smallest absolute Gasteiger partial charge is 0.339 e. The van der Waals surface area contributed by atoms with Gasteiger partial charge in [-0.2, -0.15) is 0 Å². The number of carboxylic acid groups (broad SMARTS) is 2. The molecule has 16 heteroatoms. The van der Waals surface area contributed by atoms with E-state index in [4.69, 9.17) is 55.9 Å². The number of fused-ring (bicyclic) bond motifs is 2. The van der Waals surface area contributed by atoms with Crippen LogP contribution in [0.1, 0.15) is 76.0 Å². The molecule has 2 heterocycles. The Bertz CT molecular complexity index is 2800. The highest BCUT2D eigenvalue weighted by atomic mass is 35.5. The summed E-state index contributed by atoms with van der Waals surface area (Å²) in [6, 6.07) is 13.3. The highest BCUT2D eigenvalue weighted by molar-refractivity contribution is 6.57. The van der Waals surface area contributed by atoms with Crippen LogP contribution in [0.5, 0.6) is 11.5 Å². The first-order valence-electron chi connectivity index (χ1n) is 17.5.